The van der Waals surface area contributed by atoms with Crippen LogP contribution in [-0.2, 0) is 16.9 Å². The van der Waals surface area contributed by atoms with Crippen molar-refractivity contribution in [1.29, 1.82) is 0 Å². The van der Waals surface area contributed by atoms with E-state index in [4.69, 9.17) is 5.73 Å². The van der Waals surface area contributed by atoms with Gasteiger partial charge in [0, 0.05) is 36.7 Å². The SMILES string of the molecule is NC1(C(=O)c2ccc(C=NN3CCSCC3)cc2)c2ccccc2CCN1CC(=O)O. The maximum Gasteiger partial charge on any atom is 0.317 e. The lowest BCUT2D eigenvalue weighted by atomic mass is 9.82. The molecular formula is C23H26N4O3S. The molecule has 0 bridgehead atoms. The van der Waals surface area contributed by atoms with Crippen LogP contribution >= 0.6 is 11.8 Å². The monoisotopic (exact) mass is 438 g/mol. The summed E-state index contributed by atoms with van der Waals surface area (Å²) in [7, 11) is 0. The summed E-state index contributed by atoms with van der Waals surface area (Å²) in [4.78, 5) is 26.6. The fourth-order valence-corrected chi connectivity index (χ4v) is 4.99. The molecule has 2 aromatic carbocycles. The van der Waals surface area contributed by atoms with Gasteiger partial charge in [-0.25, -0.2) is 0 Å². The summed E-state index contributed by atoms with van der Waals surface area (Å²) in [6.07, 6.45) is 2.45. The number of carboxylic acid groups (broad SMARTS) is 1. The standard InChI is InChI=1S/C23H26N4O3S/c24-23(20-4-2-1-3-18(20)9-10-26(23)16-21(28)29)22(30)19-7-5-17(6-8-19)15-25-27-11-13-31-14-12-27/h1-8,15H,9-14,16,24H2,(H,28,29). The number of ketones is 1. The second kappa shape index (κ2) is 9.21. The van der Waals surface area contributed by atoms with Crippen molar-refractivity contribution >= 4 is 29.7 Å². The number of rotatable bonds is 6. The Morgan fingerprint density at radius 3 is 2.52 bits per heavy atom. The highest BCUT2D eigenvalue weighted by molar-refractivity contribution is 7.99. The van der Waals surface area contributed by atoms with Crippen LogP contribution < -0.4 is 5.73 Å². The van der Waals surface area contributed by atoms with E-state index in [0.717, 1.165) is 35.7 Å². The van der Waals surface area contributed by atoms with Gasteiger partial charge in [-0.3, -0.25) is 19.5 Å². The normalized spacial score (nSPS) is 21.8. The Kier molecular flexibility index (Phi) is 6.41. The second-order valence-corrected chi connectivity index (χ2v) is 8.98. The first-order chi connectivity index (χ1) is 15.0. The molecule has 1 saturated heterocycles. The number of nitrogens with two attached hydrogens (primary N) is 1. The van der Waals surface area contributed by atoms with Gasteiger partial charge in [0.15, 0.2) is 5.66 Å². The Labute approximate surface area is 185 Å². The average Bonchev–Trinajstić information content (AvgIpc) is 2.80. The number of nitrogens with zero attached hydrogens (tertiary/aromatic N) is 3. The maximum absolute atomic E-state index is 13.6. The highest BCUT2D eigenvalue weighted by atomic mass is 32.2. The average molecular weight is 439 g/mol. The molecule has 0 spiro atoms. The van der Waals surface area contributed by atoms with Crippen molar-refractivity contribution < 1.29 is 14.7 Å². The number of hydrogen-bond acceptors (Lipinski definition) is 7. The quantitative estimate of drug-likeness (QED) is 0.526. The zero-order chi connectivity index (χ0) is 21.8. The van der Waals surface area contributed by atoms with Gasteiger partial charge in [-0.15, -0.1) is 0 Å². The van der Waals surface area contributed by atoms with Crippen molar-refractivity contribution in [3.63, 3.8) is 0 Å². The Morgan fingerprint density at radius 1 is 1.10 bits per heavy atom. The van der Waals surface area contributed by atoms with Crippen LogP contribution in [0.3, 0.4) is 0 Å². The number of fused-ring (bicyclic) bond motifs is 1. The van der Waals surface area contributed by atoms with Gasteiger partial charge in [-0.2, -0.15) is 16.9 Å². The number of Topliss-reactive ketones (excluding diaryl/α,β-unsaturated/α-hetero) is 1. The predicted molar refractivity (Wildman–Crippen MR) is 122 cm³/mol. The molecule has 162 valence electrons. The molecule has 4 rings (SSSR count). The lowest BCUT2D eigenvalue weighted by Crippen LogP contribution is -2.62. The largest absolute Gasteiger partial charge is 0.480 e. The molecule has 3 N–H and O–H groups in total. The second-order valence-electron chi connectivity index (χ2n) is 7.75. The molecule has 1 atom stereocenters. The Bertz CT molecular complexity index is 989. The highest BCUT2D eigenvalue weighted by Gasteiger charge is 2.46. The summed E-state index contributed by atoms with van der Waals surface area (Å²) >= 11 is 1.93. The number of hydrazone groups is 1. The van der Waals surface area contributed by atoms with E-state index in [1.54, 1.807) is 23.2 Å². The van der Waals surface area contributed by atoms with E-state index < -0.39 is 11.6 Å². The number of aliphatic carboxylic acids is 1. The van der Waals surface area contributed by atoms with Crippen molar-refractivity contribution in [3.8, 4) is 0 Å². The van der Waals surface area contributed by atoms with Crippen LogP contribution in [0.25, 0.3) is 0 Å². The van der Waals surface area contributed by atoms with Gasteiger partial charge in [0.2, 0.25) is 5.78 Å². The molecule has 1 unspecified atom stereocenters. The fourth-order valence-electron chi connectivity index (χ4n) is 4.10. The first-order valence-electron chi connectivity index (χ1n) is 10.3. The smallest absolute Gasteiger partial charge is 0.317 e. The third-order valence-corrected chi connectivity index (χ3v) is 6.72. The minimum absolute atomic E-state index is 0.296. The first-order valence-corrected chi connectivity index (χ1v) is 11.5. The number of thioether (sulfide) groups is 1. The maximum atomic E-state index is 13.6. The molecule has 2 aromatic rings. The zero-order valence-electron chi connectivity index (χ0n) is 17.2. The molecule has 0 aromatic heterocycles. The summed E-state index contributed by atoms with van der Waals surface area (Å²) in [6, 6.07) is 14.7. The molecular weight excluding hydrogens is 412 g/mol. The molecule has 31 heavy (non-hydrogen) atoms. The van der Waals surface area contributed by atoms with E-state index in [2.05, 4.69) is 5.10 Å². The zero-order valence-corrected chi connectivity index (χ0v) is 18.1. The minimum atomic E-state index is -1.52. The predicted octanol–water partition coefficient (Wildman–Crippen LogP) is 2.01. The van der Waals surface area contributed by atoms with Crippen molar-refractivity contribution in [3.05, 3.63) is 70.8 Å². The lowest BCUT2D eigenvalue weighted by molar-refractivity contribution is -0.139. The molecule has 2 heterocycles. The summed E-state index contributed by atoms with van der Waals surface area (Å²) in [5.41, 5.74) is 8.18. The van der Waals surface area contributed by atoms with Crippen LogP contribution in [0.5, 0.6) is 0 Å². The summed E-state index contributed by atoms with van der Waals surface area (Å²) in [6.45, 7) is 1.98. The van der Waals surface area contributed by atoms with Crippen molar-refractivity contribution in [2.24, 2.45) is 10.8 Å². The molecule has 1 fully saturated rings. The third-order valence-electron chi connectivity index (χ3n) is 5.78. The summed E-state index contributed by atoms with van der Waals surface area (Å²) in [5.74, 6) is 0.845. The van der Waals surface area contributed by atoms with E-state index in [0.29, 0.717) is 24.1 Å². The number of carbonyl (C=O) groups is 2. The van der Waals surface area contributed by atoms with Gasteiger partial charge in [0.1, 0.15) is 0 Å². The Morgan fingerprint density at radius 2 is 1.81 bits per heavy atom. The third kappa shape index (κ3) is 4.51. The number of carbonyl (C=O) groups excluding carboxylic acids is 1. The van der Waals surface area contributed by atoms with Gasteiger partial charge in [0.25, 0.3) is 0 Å². The molecule has 2 aliphatic heterocycles. The highest BCUT2D eigenvalue weighted by Crippen LogP contribution is 2.34. The molecule has 8 heteroatoms. The van der Waals surface area contributed by atoms with Crippen LogP contribution in [-0.4, -0.2) is 70.7 Å². The van der Waals surface area contributed by atoms with Crippen LogP contribution in [0, 0.1) is 0 Å². The lowest BCUT2D eigenvalue weighted by Gasteiger charge is -2.43. The van der Waals surface area contributed by atoms with Gasteiger partial charge < -0.3 is 10.8 Å². The molecule has 2 aliphatic rings. The van der Waals surface area contributed by atoms with Crippen molar-refractivity contribution in [2.75, 3.05) is 37.7 Å². The first kappa shape index (κ1) is 21.5. The van der Waals surface area contributed by atoms with Crippen LogP contribution in [0.15, 0.2) is 53.6 Å². The van der Waals surface area contributed by atoms with Gasteiger partial charge in [-0.1, -0.05) is 48.5 Å². The van der Waals surface area contributed by atoms with E-state index in [9.17, 15) is 14.7 Å². The number of carboxylic acids is 1. The minimum Gasteiger partial charge on any atom is -0.480 e. The number of hydrogen-bond donors (Lipinski definition) is 2. The van der Waals surface area contributed by atoms with Crippen LogP contribution in [0.4, 0.5) is 0 Å². The topological polar surface area (TPSA) is 99.2 Å². The van der Waals surface area contributed by atoms with E-state index in [1.165, 1.54) is 0 Å². The molecule has 0 aliphatic carbocycles. The van der Waals surface area contributed by atoms with E-state index in [-0.39, 0.29) is 12.3 Å². The van der Waals surface area contributed by atoms with Crippen molar-refractivity contribution in [1.82, 2.24) is 9.91 Å². The van der Waals surface area contributed by atoms with E-state index in [1.807, 2.05) is 53.2 Å². The number of benzene rings is 2. The van der Waals surface area contributed by atoms with Gasteiger partial charge in [0.05, 0.1) is 12.8 Å². The molecule has 0 saturated carbocycles. The molecule has 0 radical (unpaired) electrons. The van der Waals surface area contributed by atoms with E-state index >= 15 is 0 Å². The van der Waals surface area contributed by atoms with Crippen molar-refractivity contribution in [2.45, 2.75) is 12.1 Å². The Hall–Kier alpha value is -2.68. The molecule has 0 amide bonds. The summed E-state index contributed by atoms with van der Waals surface area (Å²) in [5, 5.41) is 15.9. The van der Waals surface area contributed by atoms with Crippen LogP contribution in [0.2, 0.25) is 0 Å². The van der Waals surface area contributed by atoms with Gasteiger partial charge in [-0.05, 0) is 23.1 Å². The summed E-state index contributed by atoms with van der Waals surface area (Å²) < 4.78 is 0. The van der Waals surface area contributed by atoms with Gasteiger partial charge >= 0.3 is 5.97 Å². The Balaban J connectivity index is 1.60. The molecule has 7 nitrogen and oxygen atoms in total. The van der Waals surface area contributed by atoms with Crippen LogP contribution in [0.1, 0.15) is 27.0 Å². The fraction of sp³-hybridized carbons (Fsp3) is 0.348.